The van der Waals surface area contributed by atoms with Crippen LogP contribution in [0.2, 0.25) is 0 Å². The third-order valence-corrected chi connectivity index (χ3v) is 17.4. The molecule has 4 saturated carbocycles. The standard InChI is InChI=1S/C36H49.C11H18N.Sn/c1-21(2)29-17-31(23(5)6)35(32(18-29)24(7)8)27-14-13-15-28(16-27)36-33(25(9)10)19-30(22(3)4)20-34(36)26(11)12;1-12-11-5-8-2-9(6-11)4-10(3-8)7-11;/h13-15,17-26H,1-12H3;8-10H,2-7H2,1H3;/q;-1;+1. The fourth-order valence-electron chi connectivity index (χ4n) is 10.4. The Morgan fingerprint density at radius 3 is 1.14 bits per heavy atom. The zero-order chi connectivity index (χ0) is 35.5. The van der Waals surface area contributed by atoms with Gasteiger partial charge in [0.25, 0.3) is 0 Å². The molecule has 49 heavy (non-hydrogen) atoms. The zero-order valence-corrected chi connectivity index (χ0v) is 36.3. The van der Waals surface area contributed by atoms with E-state index in [-0.39, 0.29) is 0 Å². The fourth-order valence-corrected chi connectivity index (χ4v) is 14.7. The van der Waals surface area contributed by atoms with E-state index in [0.717, 1.165) is 17.8 Å². The van der Waals surface area contributed by atoms with Gasteiger partial charge in [0.2, 0.25) is 0 Å². The van der Waals surface area contributed by atoms with Gasteiger partial charge >= 0.3 is 314 Å². The molecule has 2 radical (unpaired) electrons. The van der Waals surface area contributed by atoms with Gasteiger partial charge in [-0.1, -0.05) is 0 Å². The number of rotatable bonds is 11. The maximum absolute atomic E-state index is 3.06. The van der Waals surface area contributed by atoms with Crippen molar-refractivity contribution in [3.63, 3.8) is 0 Å². The van der Waals surface area contributed by atoms with Crippen molar-refractivity contribution < 1.29 is 0 Å². The van der Waals surface area contributed by atoms with E-state index in [1.165, 1.54) is 49.7 Å². The van der Waals surface area contributed by atoms with Crippen LogP contribution in [0.1, 0.15) is 190 Å². The Morgan fingerprint density at radius 2 is 0.857 bits per heavy atom. The first-order chi connectivity index (χ1) is 23.1. The Balaban J connectivity index is 1.65. The summed E-state index contributed by atoms with van der Waals surface area (Å²) in [4.78, 5) is 0. The van der Waals surface area contributed by atoms with Crippen LogP contribution < -0.4 is 3.58 Å². The summed E-state index contributed by atoms with van der Waals surface area (Å²) in [6.45, 7) is 28.9. The molecule has 1 nitrogen and oxygen atoms in total. The predicted octanol–water partition coefficient (Wildman–Crippen LogP) is 12.9. The molecule has 0 heterocycles. The number of benzene rings is 3. The first-order valence-electron chi connectivity index (χ1n) is 20.1. The van der Waals surface area contributed by atoms with Gasteiger partial charge in [0.15, 0.2) is 0 Å². The van der Waals surface area contributed by atoms with E-state index >= 15 is 0 Å². The van der Waals surface area contributed by atoms with Gasteiger partial charge in [-0.3, -0.25) is 0 Å². The van der Waals surface area contributed by atoms with Crippen LogP contribution in [0.25, 0.3) is 22.3 Å². The molecule has 4 aliphatic rings. The zero-order valence-electron chi connectivity index (χ0n) is 33.4. The summed E-state index contributed by atoms with van der Waals surface area (Å²) in [5.74, 6) is 5.83. The molecule has 4 bridgehead atoms. The van der Waals surface area contributed by atoms with Gasteiger partial charge < -0.3 is 0 Å². The molecule has 0 aromatic heterocycles. The molecule has 0 saturated heterocycles. The Bertz CT molecular complexity index is 1470. The van der Waals surface area contributed by atoms with Crippen LogP contribution in [0, 0.1) is 17.8 Å². The molecule has 3 aromatic rings. The van der Waals surface area contributed by atoms with Crippen LogP contribution in [0.4, 0.5) is 0 Å². The van der Waals surface area contributed by atoms with Crippen molar-refractivity contribution in [1.29, 1.82) is 0 Å². The summed E-state index contributed by atoms with van der Waals surface area (Å²) in [6.07, 6.45) is 8.87. The SMILES string of the molecule is CC(C)c1cc(C(C)C)c(-c2cccc(-c3c(C(C)C)cc(C(C)C)cc3C(C)C)[c]2[Sn][N](C)C23CC4CC(CC(C4)C2)C3)c(C(C)C)c1. The molecule has 7 rings (SSSR count). The van der Waals surface area contributed by atoms with Crippen LogP contribution in [0.5, 0.6) is 0 Å². The van der Waals surface area contributed by atoms with Gasteiger partial charge in [-0.2, -0.15) is 0 Å². The Morgan fingerprint density at radius 1 is 0.531 bits per heavy atom. The molecule has 0 spiro atoms. The van der Waals surface area contributed by atoms with E-state index in [1.807, 2.05) is 0 Å². The number of nitrogens with zero attached hydrogens (tertiary/aromatic N) is 1. The molecule has 0 unspecified atom stereocenters. The normalized spacial score (nSPS) is 23.6. The summed E-state index contributed by atoms with van der Waals surface area (Å²) < 4.78 is 4.79. The molecular formula is C47H67NSn. The first kappa shape index (κ1) is 37.2. The van der Waals surface area contributed by atoms with E-state index in [0.29, 0.717) is 41.0 Å². The average molecular weight is 765 g/mol. The van der Waals surface area contributed by atoms with Crippen molar-refractivity contribution in [2.24, 2.45) is 17.8 Å². The van der Waals surface area contributed by atoms with Crippen molar-refractivity contribution in [2.75, 3.05) is 7.05 Å². The summed E-state index contributed by atoms with van der Waals surface area (Å²) in [7, 11) is 2.59. The summed E-state index contributed by atoms with van der Waals surface area (Å²) in [6, 6.07) is 17.8. The molecule has 3 aromatic carbocycles. The second kappa shape index (κ2) is 14.4. The van der Waals surface area contributed by atoms with Crippen molar-refractivity contribution >= 4 is 25.0 Å². The van der Waals surface area contributed by atoms with Gasteiger partial charge in [-0.15, -0.1) is 0 Å². The van der Waals surface area contributed by atoms with Gasteiger partial charge in [0.05, 0.1) is 0 Å². The van der Waals surface area contributed by atoms with Crippen LogP contribution in [0.15, 0.2) is 42.5 Å². The topological polar surface area (TPSA) is 3.24 Å². The summed E-state index contributed by atoms with van der Waals surface area (Å²) in [5.41, 5.74) is 15.8. The van der Waals surface area contributed by atoms with Crippen molar-refractivity contribution in [2.45, 2.75) is 163 Å². The van der Waals surface area contributed by atoms with Crippen LogP contribution >= 0.6 is 0 Å². The van der Waals surface area contributed by atoms with Crippen LogP contribution in [-0.4, -0.2) is 37.1 Å². The summed E-state index contributed by atoms with van der Waals surface area (Å²) >= 11 is -1.23. The van der Waals surface area contributed by atoms with Gasteiger partial charge in [0.1, 0.15) is 0 Å². The third kappa shape index (κ3) is 7.12. The van der Waals surface area contributed by atoms with E-state index < -0.39 is 21.4 Å². The van der Waals surface area contributed by atoms with E-state index in [2.05, 4.69) is 136 Å². The quantitative estimate of drug-likeness (QED) is 0.176. The molecule has 264 valence electrons. The molecule has 0 aliphatic heterocycles. The minimum atomic E-state index is -1.23. The van der Waals surface area contributed by atoms with Gasteiger partial charge in [-0.05, 0) is 0 Å². The Kier molecular flexibility index (Phi) is 11.0. The molecule has 0 atom stereocenters. The van der Waals surface area contributed by atoms with E-state index in [1.54, 1.807) is 48.1 Å². The number of hydrogen-bond acceptors (Lipinski definition) is 1. The third-order valence-electron chi connectivity index (χ3n) is 12.9. The van der Waals surface area contributed by atoms with Gasteiger partial charge in [0, 0.05) is 0 Å². The minimum absolute atomic E-state index is 0.428. The molecular weight excluding hydrogens is 697 g/mol. The van der Waals surface area contributed by atoms with Gasteiger partial charge in [-0.25, -0.2) is 0 Å². The van der Waals surface area contributed by atoms with Crippen molar-refractivity contribution in [1.82, 2.24) is 3.12 Å². The van der Waals surface area contributed by atoms with Crippen LogP contribution in [-0.2, 0) is 0 Å². The van der Waals surface area contributed by atoms with Crippen molar-refractivity contribution in [3.8, 4) is 22.3 Å². The Labute approximate surface area is 312 Å². The molecule has 0 amide bonds. The first-order valence-corrected chi connectivity index (χ1v) is 22.8. The maximum atomic E-state index is 3.06. The molecule has 0 N–H and O–H groups in total. The second-order valence-corrected chi connectivity index (χ2v) is 22.6. The van der Waals surface area contributed by atoms with E-state index in [9.17, 15) is 0 Å². The van der Waals surface area contributed by atoms with Crippen molar-refractivity contribution in [3.05, 3.63) is 75.8 Å². The Hall–Kier alpha value is -1.58. The monoisotopic (exact) mass is 765 g/mol. The molecule has 4 fully saturated rings. The fraction of sp³-hybridized carbons (Fsp3) is 0.617. The predicted molar refractivity (Wildman–Crippen MR) is 216 cm³/mol. The molecule has 4 aliphatic carbocycles. The van der Waals surface area contributed by atoms with Crippen LogP contribution in [0.3, 0.4) is 0 Å². The van der Waals surface area contributed by atoms with E-state index in [4.69, 9.17) is 0 Å². The number of hydrogen-bond donors (Lipinski definition) is 0. The average Bonchev–Trinajstić information content (AvgIpc) is 3.02. The summed E-state index contributed by atoms with van der Waals surface area (Å²) in [5, 5.41) is 0. The second-order valence-electron chi connectivity index (χ2n) is 18.6. The molecule has 2 heteroatoms.